The van der Waals surface area contributed by atoms with Gasteiger partial charge in [0, 0.05) is 41.2 Å². The lowest BCUT2D eigenvalue weighted by Crippen LogP contribution is -2.69. The molecule has 2 aromatic rings. The molecular weight excluding hydrogens is 458 g/mol. The molecule has 4 N–H and O–H groups in total. The fraction of sp³-hybridized carbons (Fsp3) is 0.278. The monoisotopic (exact) mass is 476 g/mol. The maximum absolute atomic E-state index is 12.7. The Bertz CT molecular complexity index is 1130. The molecule has 0 aliphatic carbocycles. The molecular formula is C18H18N7O5S2+. The minimum absolute atomic E-state index is 0.0277. The number of carbonyl (C=O) groups is 3. The van der Waals surface area contributed by atoms with E-state index in [4.69, 9.17) is 15.7 Å². The van der Waals surface area contributed by atoms with Crippen LogP contribution < -0.4 is 15.6 Å². The van der Waals surface area contributed by atoms with Crippen LogP contribution in [-0.4, -0.2) is 67.1 Å². The summed E-state index contributed by atoms with van der Waals surface area (Å²) in [5.41, 5.74) is 6.60. The van der Waals surface area contributed by atoms with Gasteiger partial charge in [-0.2, -0.15) is 9.36 Å². The molecule has 0 spiro atoms. The number of carbonyl (C=O) groups excluding carboxylic acids is 2. The fourth-order valence-electron chi connectivity index (χ4n) is 3.20. The quantitative estimate of drug-likeness (QED) is 0.206. The molecule has 1 fully saturated rings. The summed E-state index contributed by atoms with van der Waals surface area (Å²) in [6.45, 7) is 0.516. The lowest BCUT2D eigenvalue weighted by Gasteiger charge is -2.47. The van der Waals surface area contributed by atoms with Crippen molar-refractivity contribution in [2.45, 2.75) is 18.0 Å². The van der Waals surface area contributed by atoms with Gasteiger partial charge in [-0.3, -0.25) is 9.59 Å². The van der Waals surface area contributed by atoms with Crippen molar-refractivity contribution in [1.82, 2.24) is 19.6 Å². The predicted octanol–water partition coefficient (Wildman–Crippen LogP) is -0.559. The number of β-lactam (4-membered cyclic amide) rings is 1. The first-order chi connectivity index (χ1) is 15.4. The maximum atomic E-state index is 12.7. The first kappa shape index (κ1) is 21.7. The van der Waals surface area contributed by atoms with Gasteiger partial charge >= 0.3 is 5.97 Å². The average molecular weight is 477 g/mol. The molecule has 0 saturated carbocycles. The second-order valence-electron chi connectivity index (χ2n) is 6.83. The second kappa shape index (κ2) is 8.92. The van der Waals surface area contributed by atoms with E-state index in [2.05, 4.69) is 19.8 Å². The molecule has 14 heteroatoms. The third-order valence-corrected chi connectivity index (χ3v) is 6.62. The molecule has 4 heterocycles. The molecule has 4 rings (SSSR count). The molecule has 1 unspecified atom stereocenters. The van der Waals surface area contributed by atoms with E-state index in [0.29, 0.717) is 12.3 Å². The Labute approximate surface area is 189 Å². The molecule has 2 aromatic heterocycles. The van der Waals surface area contributed by atoms with E-state index in [0.717, 1.165) is 17.1 Å². The van der Waals surface area contributed by atoms with Crippen LogP contribution in [0.3, 0.4) is 0 Å². The Kier molecular flexibility index (Phi) is 6.05. The number of pyridine rings is 1. The molecule has 2 atom stereocenters. The molecule has 12 nitrogen and oxygen atoms in total. The van der Waals surface area contributed by atoms with E-state index >= 15 is 0 Å². The standard InChI is InChI=1S/C18H17N7O5S2/c1-30-22-11(13-21-18(19)32-23-13)14(26)20-12-15(27)25-7-9(8-31-16(12)25)6-24-4-2-10(3-5-24)17(28)29/h2-5,7,12,16H,6,8H2,1H3,(H3-,19,20,21,23,26,28,29)/p+1/t12?,16-/m1/s1. The van der Waals surface area contributed by atoms with Crippen LogP contribution in [0.15, 0.2) is 41.5 Å². The molecule has 2 amide bonds. The van der Waals surface area contributed by atoms with Crippen LogP contribution in [0.2, 0.25) is 0 Å². The maximum Gasteiger partial charge on any atom is 0.336 e. The number of hydrogen-bond acceptors (Lipinski definition) is 10. The highest BCUT2D eigenvalue weighted by Gasteiger charge is 2.50. The summed E-state index contributed by atoms with van der Waals surface area (Å²) < 4.78 is 5.80. The van der Waals surface area contributed by atoms with Gasteiger partial charge in [0.15, 0.2) is 24.1 Å². The molecule has 1 saturated heterocycles. The zero-order valence-corrected chi connectivity index (χ0v) is 18.3. The van der Waals surface area contributed by atoms with Crippen molar-refractivity contribution in [3.8, 4) is 0 Å². The number of hydrogen-bond donors (Lipinski definition) is 3. The van der Waals surface area contributed by atoms with E-state index in [1.54, 1.807) is 23.5 Å². The zero-order valence-electron chi connectivity index (χ0n) is 16.7. The third-order valence-electron chi connectivity index (χ3n) is 4.70. The molecule has 2 aliphatic heterocycles. The first-order valence-corrected chi connectivity index (χ1v) is 11.1. The summed E-state index contributed by atoms with van der Waals surface area (Å²) in [6.07, 6.45) is 5.13. The third kappa shape index (κ3) is 4.27. The Hall–Kier alpha value is -3.52. The summed E-state index contributed by atoms with van der Waals surface area (Å²) in [5.74, 6) is -1.19. The van der Waals surface area contributed by atoms with Crippen LogP contribution >= 0.6 is 23.3 Å². The lowest BCUT2D eigenvalue weighted by atomic mass is 10.1. The SMILES string of the molecule is CON=C(C(=O)NC1C(=O)N2C=C(C[n+]3ccc(C(=O)O)cc3)CS[C@H]12)c1nsc(N)n1. The van der Waals surface area contributed by atoms with Gasteiger partial charge in [0.05, 0.1) is 5.56 Å². The van der Waals surface area contributed by atoms with Crippen LogP contribution in [0.5, 0.6) is 0 Å². The number of carboxylic acid groups (broad SMARTS) is 1. The number of nitrogen functional groups attached to an aromatic ring is 1. The van der Waals surface area contributed by atoms with Crippen molar-refractivity contribution in [3.63, 3.8) is 0 Å². The Balaban J connectivity index is 1.40. The van der Waals surface area contributed by atoms with E-state index in [1.165, 1.54) is 31.0 Å². The average Bonchev–Trinajstić information content (AvgIpc) is 3.21. The number of fused-ring (bicyclic) bond motifs is 1. The highest BCUT2D eigenvalue weighted by atomic mass is 32.2. The second-order valence-corrected chi connectivity index (χ2v) is 8.72. The number of carboxylic acids is 1. The van der Waals surface area contributed by atoms with Crippen LogP contribution in [0.25, 0.3) is 0 Å². The number of nitrogens with zero attached hydrogens (tertiary/aromatic N) is 5. The number of aromatic carboxylic acids is 1. The number of aromatic nitrogens is 3. The number of anilines is 1. The van der Waals surface area contributed by atoms with Crippen LogP contribution in [0, 0.1) is 0 Å². The number of nitrogens with two attached hydrogens (primary N) is 1. The van der Waals surface area contributed by atoms with Gasteiger partial charge in [-0.05, 0) is 0 Å². The highest BCUT2D eigenvalue weighted by Crippen LogP contribution is 2.36. The van der Waals surface area contributed by atoms with Gasteiger partial charge in [-0.25, -0.2) is 9.36 Å². The minimum Gasteiger partial charge on any atom is -0.478 e. The smallest absolute Gasteiger partial charge is 0.336 e. The molecule has 2 aliphatic rings. The summed E-state index contributed by atoms with van der Waals surface area (Å²) in [7, 11) is 1.29. The van der Waals surface area contributed by atoms with E-state index in [1.807, 2.05) is 4.57 Å². The number of nitrogens with one attached hydrogen (secondary N) is 1. The van der Waals surface area contributed by atoms with Crippen molar-refractivity contribution >= 4 is 51.9 Å². The number of amides is 2. The van der Waals surface area contributed by atoms with Gasteiger partial charge in [0.1, 0.15) is 18.5 Å². The topological polar surface area (TPSA) is 164 Å². The number of rotatable bonds is 7. The van der Waals surface area contributed by atoms with Gasteiger partial charge in [-0.15, -0.1) is 11.8 Å². The largest absolute Gasteiger partial charge is 0.478 e. The summed E-state index contributed by atoms with van der Waals surface area (Å²) in [6, 6.07) is 2.32. The number of thioether (sulfide) groups is 1. The van der Waals surface area contributed by atoms with Crippen LogP contribution in [0.1, 0.15) is 16.2 Å². The molecule has 32 heavy (non-hydrogen) atoms. The zero-order chi connectivity index (χ0) is 22.8. The van der Waals surface area contributed by atoms with Gasteiger partial charge in [0.25, 0.3) is 11.8 Å². The van der Waals surface area contributed by atoms with Crippen molar-refractivity contribution in [2.24, 2.45) is 5.16 Å². The van der Waals surface area contributed by atoms with Crippen molar-refractivity contribution in [3.05, 3.63) is 47.7 Å². The molecule has 0 bridgehead atoms. The van der Waals surface area contributed by atoms with Crippen molar-refractivity contribution in [2.75, 3.05) is 18.6 Å². The normalized spacial score (nSPS) is 20.2. The summed E-state index contributed by atoms with van der Waals surface area (Å²) in [4.78, 5) is 46.5. The number of oxime groups is 1. The van der Waals surface area contributed by atoms with Crippen LogP contribution in [0.4, 0.5) is 5.13 Å². The minimum atomic E-state index is -0.987. The van der Waals surface area contributed by atoms with Gasteiger partial charge in [-0.1, -0.05) is 5.16 Å². The summed E-state index contributed by atoms with van der Waals surface area (Å²) in [5, 5.41) is 15.3. The molecule has 166 valence electrons. The Morgan fingerprint density at radius 1 is 1.44 bits per heavy atom. The van der Waals surface area contributed by atoms with E-state index in [9.17, 15) is 14.4 Å². The highest BCUT2D eigenvalue weighted by molar-refractivity contribution is 8.00. The Morgan fingerprint density at radius 2 is 2.19 bits per heavy atom. The van der Waals surface area contributed by atoms with E-state index in [-0.39, 0.29) is 33.5 Å². The van der Waals surface area contributed by atoms with Crippen LogP contribution in [-0.2, 0) is 21.0 Å². The predicted molar refractivity (Wildman–Crippen MR) is 115 cm³/mol. The van der Waals surface area contributed by atoms with E-state index < -0.39 is 17.9 Å². The Morgan fingerprint density at radius 3 is 2.81 bits per heavy atom. The molecule has 0 aromatic carbocycles. The fourth-order valence-corrected chi connectivity index (χ4v) is 4.89. The lowest BCUT2D eigenvalue weighted by molar-refractivity contribution is -0.689. The van der Waals surface area contributed by atoms with Gasteiger partial charge < -0.3 is 25.9 Å². The van der Waals surface area contributed by atoms with Crippen molar-refractivity contribution < 1.29 is 28.9 Å². The van der Waals surface area contributed by atoms with Gasteiger partial charge in [0.2, 0.25) is 11.5 Å². The summed E-state index contributed by atoms with van der Waals surface area (Å²) >= 11 is 2.44. The molecule has 0 radical (unpaired) electrons. The van der Waals surface area contributed by atoms with Crippen molar-refractivity contribution in [1.29, 1.82) is 0 Å². The first-order valence-electron chi connectivity index (χ1n) is 9.24.